The fourth-order valence-electron chi connectivity index (χ4n) is 1.64. The maximum atomic E-state index is 12.9. The number of ketones is 1. The van der Waals surface area contributed by atoms with Crippen LogP contribution in [0.15, 0.2) is 30.3 Å². The quantitative estimate of drug-likeness (QED) is 0.819. The van der Waals surface area contributed by atoms with Crippen molar-refractivity contribution in [3.05, 3.63) is 50.9 Å². The summed E-state index contributed by atoms with van der Waals surface area (Å²) in [5, 5.41) is 2.78. The number of hydrogen-bond donors (Lipinski definition) is 1. The fourth-order valence-corrected chi connectivity index (χ4v) is 2.73. The molecular formula is C15H13ClFNO3S. The van der Waals surface area contributed by atoms with E-state index in [9.17, 15) is 14.0 Å². The van der Waals surface area contributed by atoms with Gasteiger partial charge in [0.1, 0.15) is 11.6 Å². The lowest BCUT2D eigenvalue weighted by Gasteiger charge is -2.06. The first-order valence-corrected chi connectivity index (χ1v) is 7.59. The Morgan fingerprint density at radius 3 is 2.77 bits per heavy atom. The molecule has 1 aromatic carbocycles. The molecule has 0 aliphatic carbocycles. The van der Waals surface area contributed by atoms with Gasteiger partial charge >= 0.3 is 0 Å². The molecule has 1 amide bonds. The van der Waals surface area contributed by atoms with E-state index in [4.69, 9.17) is 16.3 Å². The lowest BCUT2D eigenvalue weighted by Crippen LogP contribution is -2.18. The Morgan fingerprint density at radius 1 is 1.32 bits per heavy atom. The standard InChI is InChI=1S/C15H13ClFNO3S/c1-9(19)18-7-11-3-5-15(22-11)13(20)8-21-14-4-2-10(17)6-12(14)16/h2-6H,7-8H2,1H3,(H,18,19). The van der Waals surface area contributed by atoms with Gasteiger partial charge in [-0.05, 0) is 30.3 Å². The van der Waals surface area contributed by atoms with Crippen molar-refractivity contribution in [2.75, 3.05) is 6.61 Å². The smallest absolute Gasteiger partial charge is 0.217 e. The monoisotopic (exact) mass is 341 g/mol. The van der Waals surface area contributed by atoms with Gasteiger partial charge in [0.05, 0.1) is 16.4 Å². The van der Waals surface area contributed by atoms with Gasteiger partial charge in [0.2, 0.25) is 11.7 Å². The Kier molecular flexibility index (Phi) is 5.51. The molecule has 0 aliphatic rings. The molecule has 4 nitrogen and oxygen atoms in total. The molecule has 1 heterocycles. The Bertz CT molecular complexity index is 702. The molecule has 0 unspecified atom stereocenters. The van der Waals surface area contributed by atoms with E-state index in [1.807, 2.05) is 0 Å². The van der Waals surface area contributed by atoms with Gasteiger partial charge in [0, 0.05) is 11.8 Å². The lowest BCUT2D eigenvalue weighted by atomic mass is 10.3. The van der Waals surface area contributed by atoms with Crippen molar-refractivity contribution in [1.29, 1.82) is 0 Å². The number of rotatable bonds is 6. The third-order valence-corrected chi connectivity index (χ3v) is 4.12. The van der Waals surface area contributed by atoms with E-state index < -0.39 is 5.82 Å². The molecule has 1 aromatic heterocycles. The van der Waals surface area contributed by atoms with Crippen LogP contribution in [-0.4, -0.2) is 18.3 Å². The topological polar surface area (TPSA) is 55.4 Å². The number of carbonyl (C=O) groups is 2. The minimum atomic E-state index is -0.468. The number of halogens is 2. The molecule has 2 aromatic rings. The van der Waals surface area contributed by atoms with E-state index in [1.54, 1.807) is 12.1 Å². The Hall–Kier alpha value is -1.92. The van der Waals surface area contributed by atoms with Crippen molar-refractivity contribution in [1.82, 2.24) is 5.32 Å². The highest BCUT2D eigenvalue weighted by molar-refractivity contribution is 7.14. The summed E-state index contributed by atoms with van der Waals surface area (Å²) in [4.78, 5) is 24.3. The zero-order chi connectivity index (χ0) is 16.1. The molecule has 22 heavy (non-hydrogen) atoms. The van der Waals surface area contributed by atoms with Crippen LogP contribution >= 0.6 is 22.9 Å². The Balaban J connectivity index is 1.93. The second-order valence-electron chi connectivity index (χ2n) is 4.46. The van der Waals surface area contributed by atoms with Gasteiger partial charge in [-0.25, -0.2) is 4.39 Å². The molecule has 116 valence electrons. The molecule has 0 aliphatic heterocycles. The van der Waals surface area contributed by atoms with Crippen LogP contribution < -0.4 is 10.1 Å². The SMILES string of the molecule is CC(=O)NCc1ccc(C(=O)COc2ccc(F)cc2Cl)s1. The third kappa shape index (κ3) is 4.54. The van der Waals surface area contributed by atoms with E-state index in [0.29, 0.717) is 11.4 Å². The average Bonchev–Trinajstić information content (AvgIpc) is 2.93. The fraction of sp³-hybridized carbons (Fsp3) is 0.200. The van der Waals surface area contributed by atoms with Crippen molar-refractivity contribution in [2.24, 2.45) is 0 Å². The van der Waals surface area contributed by atoms with Crippen LogP contribution in [0.4, 0.5) is 4.39 Å². The summed E-state index contributed by atoms with van der Waals surface area (Å²) in [6.45, 7) is 1.63. The zero-order valence-electron chi connectivity index (χ0n) is 11.7. The molecule has 0 saturated carbocycles. The van der Waals surface area contributed by atoms with E-state index in [1.165, 1.54) is 30.4 Å². The molecular weight excluding hydrogens is 329 g/mol. The molecule has 0 radical (unpaired) electrons. The van der Waals surface area contributed by atoms with Crippen LogP contribution in [0.2, 0.25) is 5.02 Å². The number of thiophene rings is 1. The summed E-state index contributed by atoms with van der Waals surface area (Å²) in [6.07, 6.45) is 0. The number of ether oxygens (including phenoxy) is 1. The van der Waals surface area contributed by atoms with Crippen LogP contribution in [0, 0.1) is 5.82 Å². The van der Waals surface area contributed by atoms with Crippen molar-refractivity contribution < 1.29 is 18.7 Å². The summed E-state index contributed by atoms with van der Waals surface area (Å²) in [6, 6.07) is 7.17. The number of carbonyl (C=O) groups excluding carboxylic acids is 2. The summed E-state index contributed by atoms with van der Waals surface area (Å²) in [5.74, 6) is -0.550. The Morgan fingerprint density at radius 2 is 2.09 bits per heavy atom. The van der Waals surface area contributed by atoms with Crippen LogP contribution in [-0.2, 0) is 11.3 Å². The zero-order valence-corrected chi connectivity index (χ0v) is 13.3. The molecule has 2 rings (SSSR count). The molecule has 0 bridgehead atoms. The van der Waals surface area contributed by atoms with Gasteiger partial charge in [0.25, 0.3) is 0 Å². The van der Waals surface area contributed by atoms with E-state index in [-0.39, 0.29) is 29.1 Å². The van der Waals surface area contributed by atoms with Crippen LogP contribution in [0.5, 0.6) is 5.75 Å². The van der Waals surface area contributed by atoms with Crippen molar-refractivity contribution >= 4 is 34.6 Å². The van der Waals surface area contributed by atoms with E-state index in [2.05, 4.69) is 5.32 Å². The van der Waals surface area contributed by atoms with Crippen molar-refractivity contribution in [3.63, 3.8) is 0 Å². The molecule has 1 N–H and O–H groups in total. The highest BCUT2D eigenvalue weighted by Crippen LogP contribution is 2.25. The number of hydrogen-bond acceptors (Lipinski definition) is 4. The minimum absolute atomic E-state index is 0.116. The summed E-state index contributed by atoms with van der Waals surface area (Å²) >= 11 is 7.11. The highest BCUT2D eigenvalue weighted by atomic mass is 35.5. The van der Waals surface area contributed by atoms with Gasteiger partial charge in [-0.1, -0.05) is 11.6 Å². The number of benzene rings is 1. The first kappa shape index (κ1) is 16.5. The summed E-state index contributed by atoms with van der Waals surface area (Å²) < 4.78 is 18.2. The number of nitrogens with one attached hydrogen (secondary N) is 1. The van der Waals surface area contributed by atoms with Gasteiger partial charge in [-0.2, -0.15) is 0 Å². The predicted molar refractivity (Wildman–Crippen MR) is 83.1 cm³/mol. The van der Waals surface area contributed by atoms with E-state index in [0.717, 1.165) is 10.9 Å². The third-order valence-electron chi connectivity index (χ3n) is 2.70. The van der Waals surface area contributed by atoms with Crippen molar-refractivity contribution in [2.45, 2.75) is 13.5 Å². The second-order valence-corrected chi connectivity index (χ2v) is 6.04. The van der Waals surface area contributed by atoms with Gasteiger partial charge in [0.15, 0.2) is 6.61 Å². The van der Waals surface area contributed by atoms with E-state index >= 15 is 0 Å². The van der Waals surface area contributed by atoms with Crippen molar-refractivity contribution in [3.8, 4) is 5.75 Å². The summed E-state index contributed by atoms with van der Waals surface area (Å²) in [5.41, 5.74) is 0. The largest absolute Gasteiger partial charge is 0.484 e. The molecule has 0 fully saturated rings. The van der Waals surface area contributed by atoms with Crippen LogP contribution in [0.3, 0.4) is 0 Å². The minimum Gasteiger partial charge on any atom is -0.484 e. The molecule has 0 saturated heterocycles. The van der Waals surface area contributed by atoms with Gasteiger partial charge < -0.3 is 10.1 Å². The van der Waals surface area contributed by atoms with Gasteiger partial charge in [-0.3, -0.25) is 9.59 Å². The predicted octanol–water partition coefficient (Wildman–Crippen LogP) is 3.44. The Labute approximate surface area is 135 Å². The number of amides is 1. The maximum Gasteiger partial charge on any atom is 0.217 e. The number of Topliss-reactive ketones (excluding diaryl/α,β-unsaturated/α-hetero) is 1. The molecule has 0 spiro atoms. The molecule has 7 heteroatoms. The van der Waals surface area contributed by atoms with Crippen LogP contribution in [0.1, 0.15) is 21.5 Å². The highest BCUT2D eigenvalue weighted by Gasteiger charge is 2.12. The van der Waals surface area contributed by atoms with Gasteiger partial charge in [-0.15, -0.1) is 11.3 Å². The lowest BCUT2D eigenvalue weighted by molar-refractivity contribution is -0.119. The molecule has 0 atom stereocenters. The first-order chi connectivity index (χ1) is 10.5. The maximum absolute atomic E-state index is 12.9. The first-order valence-electron chi connectivity index (χ1n) is 6.40. The van der Waals surface area contributed by atoms with Crippen LogP contribution in [0.25, 0.3) is 0 Å². The normalized spacial score (nSPS) is 10.3. The summed E-state index contributed by atoms with van der Waals surface area (Å²) in [7, 11) is 0. The average molecular weight is 342 g/mol. The second kappa shape index (κ2) is 7.38.